The molecule has 0 saturated heterocycles. The molecule has 2 aromatic carbocycles. The number of aromatic hydroxyl groups is 1. The molecule has 0 fully saturated rings. The van der Waals surface area contributed by atoms with Gasteiger partial charge in [-0.15, -0.1) is 0 Å². The third-order valence-corrected chi connectivity index (χ3v) is 5.64. The molecule has 3 aromatic rings. The number of nitrogens with zero attached hydrogens (tertiary/aromatic N) is 3. The number of hydrogen-bond acceptors (Lipinski definition) is 5. The summed E-state index contributed by atoms with van der Waals surface area (Å²) in [5.41, 5.74) is 0.618. The minimum atomic E-state index is -0.641. The van der Waals surface area contributed by atoms with Gasteiger partial charge >= 0.3 is 0 Å². The van der Waals surface area contributed by atoms with Gasteiger partial charge in [0.2, 0.25) is 5.43 Å². The maximum Gasteiger partial charge on any atom is 0.278 e. The van der Waals surface area contributed by atoms with E-state index < -0.39 is 28.9 Å². The number of aromatic nitrogens is 1. The summed E-state index contributed by atoms with van der Waals surface area (Å²) in [5, 5.41) is 12.3. The van der Waals surface area contributed by atoms with Crippen molar-refractivity contribution in [3.63, 3.8) is 0 Å². The van der Waals surface area contributed by atoms with Gasteiger partial charge in [0.1, 0.15) is 30.9 Å². The molecule has 0 unspecified atom stereocenters. The zero-order valence-corrected chi connectivity index (χ0v) is 17.0. The summed E-state index contributed by atoms with van der Waals surface area (Å²) in [6, 6.07) is 14.4. The Bertz CT molecular complexity index is 1270. The fourth-order valence-corrected chi connectivity index (χ4v) is 4.15. The monoisotopic (exact) mass is 433 g/mol. The Morgan fingerprint density at radius 3 is 2.66 bits per heavy atom. The van der Waals surface area contributed by atoms with Crippen molar-refractivity contribution in [3.8, 4) is 11.5 Å². The van der Waals surface area contributed by atoms with Crippen LogP contribution in [-0.4, -0.2) is 40.4 Å². The summed E-state index contributed by atoms with van der Waals surface area (Å²) in [6.07, 6.45) is 5.02. The van der Waals surface area contributed by atoms with Crippen LogP contribution in [0.3, 0.4) is 0 Å². The lowest BCUT2D eigenvalue weighted by Crippen LogP contribution is -2.55. The van der Waals surface area contributed by atoms with E-state index in [0.29, 0.717) is 11.3 Å². The van der Waals surface area contributed by atoms with Gasteiger partial charge in [-0.2, -0.15) is 0 Å². The Labute approximate surface area is 183 Å². The van der Waals surface area contributed by atoms with Gasteiger partial charge in [0, 0.05) is 24.4 Å². The van der Waals surface area contributed by atoms with Crippen LogP contribution in [0.1, 0.15) is 27.7 Å². The summed E-state index contributed by atoms with van der Waals surface area (Å²) < 4.78 is 21.9. The normalized spacial score (nSPS) is 18.8. The third kappa shape index (κ3) is 3.30. The van der Waals surface area contributed by atoms with E-state index in [4.69, 9.17) is 4.74 Å². The van der Waals surface area contributed by atoms with Crippen molar-refractivity contribution in [2.24, 2.45) is 0 Å². The molecule has 5 rings (SSSR count). The Kier molecular flexibility index (Phi) is 4.89. The molecule has 0 aliphatic carbocycles. The lowest BCUT2D eigenvalue weighted by Gasteiger charge is -2.43. The van der Waals surface area contributed by atoms with Gasteiger partial charge in [0.15, 0.2) is 11.4 Å². The largest absolute Gasteiger partial charge is 0.502 e. The van der Waals surface area contributed by atoms with E-state index >= 15 is 0 Å². The van der Waals surface area contributed by atoms with Crippen molar-refractivity contribution in [1.82, 2.24) is 9.58 Å². The Balaban J connectivity index is 1.81. The molecule has 2 aliphatic rings. The van der Waals surface area contributed by atoms with Crippen LogP contribution < -0.4 is 15.2 Å². The van der Waals surface area contributed by atoms with E-state index in [1.54, 1.807) is 18.2 Å². The Morgan fingerprint density at radius 2 is 1.84 bits per heavy atom. The average Bonchev–Trinajstić information content (AvgIpc) is 2.82. The molecule has 7 nitrogen and oxygen atoms in total. The fraction of sp³-hybridized carbons (Fsp3) is 0.167. The van der Waals surface area contributed by atoms with Crippen molar-refractivity contribution in [3.05, 3.63) is 106 Å². The first-order chi connectivity index (χ1) is 15.5. The molecule has 0 spiro atoms. The highest BCUT2D eigenvalue weighted by molar-refractivity contribution is 5.96. The second-order valence-corrected chi connectivity index (χ2v) is 7.61. The summed E-state index contributed by atoms with van der Waals surface area (Å²) in [7, 11) is 0. The lowest BCUT2D eigenvalue weighted by atomic mass is 9.96. The second kappa shape index (κ2) is 7.88. The Morgan fingerprint density at radius 1 is 1.03 bits per heavy atom. The predicted molar refractivity (Wildman–Crippen MR) is 116 cm³/mol. The molecule has 1 amide bonds. The van der Waals surface area contributed by atoms with Crippen molar-refractivity contribution >= 4 is 5.91 Å². The van der Waals surface area contributed by atoms with Crippen LogP contribution in [-0.2, 0) is 0 Å². The molecule has 0 radical (unpaired) electrons. The molecule has 2 bridgehead atoms. The number of ether oxygens (including phenoxy) is 1. The smallest absolute Gasteiger partial charge is 0.278 e. The lowest BCUT2D eigenvalue weighted by molar-refractivity contribution is 0.0701. The van der Waals surface area contributed by atoms with Crippen molar-refractivity contribution in [2.45, 2.75) is 6.04 Å². The average molecular weight is 433 g/mol. The summed E-state index contributed by atoms with van der Waals surface area (Å²) >= 11 is 0. The Hall–Kier alpha value is -4.07. The molecule has 0 saturated carbocycles. The molecule has 1 atom stereocenters. The first-order valence-corrected chi connectivity index (χ1v) is 10.2. The topological polar surface area (TPSA) is 75.0 Å². The molecule has 1 aromatic heterocycles. The zero-order chi connectivity index (χ0) is 22.2. The number of fused-ring (bicyclic) bond motifs is 5. The van der Waals surface area contributed by atoms with E-state index in [-0.39, 0.29) is 25.5 Å². The highest BCUT2D eigenvalue weighted by atomic mass is 19.1. The molecular weight excluding hydrogens is 413 g/mol. The number of carbonyl (C=O) groups is 1. The van der Waals surface area contributed by atoms with Gasteiger partial charge < -0.3 is 14.7 Å². The van der Waals surface area contributed by atoms with Gasteiger partial charge in [-0.25, -0.2) is 4.39 Å². The number of amides is 1. The third-order valence-electron chi connectivity index (χ3n) is 5.64. The van der Waals surface area contributed by atoms with Gasteiger partial charge in [-0.3, -0.25) is 19.3 Å². The highest BCUT2D eigenvalue weighted by Crippen LogP contribution is 2.37. The van der Waals surface area contributed by atoms with Crippen LogP contribution >= 0.6 is 0 Å². The number of pyridine rings is 1. The number of benzene rings is 2. The molecule has 32 heavy (non-hydrogen) atoms. The van der Waals surface area contributed by atoms with E-state index in [9.17, 15) is 19.1 Å². The summed E-state index contributed by atoms with van der Waals surface area (Å²) in [5.74, 6) is -1.00. The van der Waals surface area contributed by atoms with Gasteiger partial charge in [-0.1, -0.05) is 36.4 Å². The first kappa shape index (κ1) is 19.9. The molecule has 8 heteroatoms. The van der Waals surface area contributed by atoms with E-state index in [1.807, 2.05) is 35.3 Å². The number of carbonyl (C=O) groups excluding carboxylic acids is 1. The van der Waals surface area contributed by atoms with E-state index in [0.717, 1.165) is 5.56 Å². The van der Waals surface area contributed by atoms with Crippen LogP contribution in [0, 0.1) is 5.82 Å². The maximum atomic E-state index is 14.4. The van der Waals surface area contributed by atoms with Crippen LogP contribution in [0.4, 0.5) is 4.39 Å². The minimum Gasteiger partial charge on any atom is -0.502 e. The van der Waals surface area contributed by atoms with Crippen LogP contribution in [0.2, 0.25) is 0 Å². The number of halogens is 1. The maximum absolute atomic E-state index is 14.4. The van der Waals surface area contributed by atoms with Gasteiger partial charge in [0.05, 0.1) is 0 Å². The molecular formula is C24H20FN3O4. The first-order valence-electron chi connectivity index (χ1n) is 10.2. The van der Waals surface area contributed by atoms with Crippen molar-refractivity contribution < 1.29 is 19.0 Å². The van der Waals surface area contributed by atoms with Gasteiger partial charge in [0.25, 0.3) is 5.91 Å². The highest BCUT2D eigenvalue weighted by Gasteiger charge is 2.37. The predicted octanol–water partition coefficient (Wildman–Crippen LogP) is 2.78. The zero-order valence-electron chi connectivity index (χ0n) is 17.0. The fourth-order valence-electron chi connectivity index (χ4n) is 4.15. The number of hydrogen-bond donors (Lipinski definition) is 1. The molecule has 162 valence electrons. The van der Waals surface area contributed by atoms with Gasteiger partial charge in [-0.05, 0) is 29.8 Å². The summed E-state index contributed by atoms with van der Waals surface area (Å²) in [4.78, 5) is 26.8. The second-order valence-electron chi connectivity index (χ2n) is 7.61. The van der Waals surface area contributed by atoms with E-state index in [2.05, 4.69) is 0 Å². The van der Waals surface area contributed by atoms with Crippen LogP contribution in [0.25, 0.3) is 0 Å². The quantitative estimate of drug-likeness (QED) is 0.598. The standard InChI is InChI=1S/C24H20FN3O4/c25-17-8-9-20-18(14-17)21(16-6-2-1-3-7-16)28-15-26(11-4-5-13-32-20)24(31)22-23(30)19(29)10-12-27(22)28/h1-10,12,14,21,30H,11,13,15H2/b5-4-/t21-/m1/s1. The minimum absolute atomic E-state index is 0.129. The SMILES string of the molecule is O=C1c2c(O)c(=O)ccn2N2CN1C/C=C\COc1ccc(F)cc1[C@H]2c1ccccc1. The van der Waals surface area contributed by atoms with Crippen molar-refractivity contribution in [2.75, 3.05) is 24.8 Å². The van der Waals surface area contributed by atoms with Crippen LogP contribution in [0.15, 0.2) is 77.7 Å². The molecule has 1 N–H and O–H groups in total. The van der Waals surface area contributed by atoms with E-state index in [1.165, 1.54) is 34.0 Å². The van der Waals surface area contributed by atoms with Crippen LogP contribution in [0.5, 0.6) is 11.5 Å². The summed E-state index contributed by atoms with van der Waals surface area (Å²) in [6.45, 7) is 0.652. The number of rotatable bonds is 1. The molecule has 2 aliphatic heterocycles. The molecule has 3 heterocycles. The van der Waals surface area contributed by atoms with Crippen molar-refractivity contribution in [1.29, 1.82) is 0 Å².